The van der Waals surface area contributed by atoms with Crippen molar-refractivity contribution in [1.82, 2.24) is 9.55 Å². The molecule has 1 saturated heterocycles. The zero-order chi connectivity index (χ0) is 20.4. The lowest BCUT2D eigenvalue weighted by molar-refractivity contribution is 0.0925. The largest absolute Gasteiger partial charge is 0.491 e. The number of sulfone groups is 1. The molecule has 2 unspecified atom stereocenters. The molecule has 29 heavy (non-hydrogen) atoms. The molecule has 2 heterocycles. The number of fused-ring (bicyclic) bond motifs is 1. The Kier molecular flexibility index (Phi) is 5.61. The second-order valence-corrected chi connectivity index (χ2v) is 10.1. The van der Waals surface area contributed by atoms with Crippen molar-refractivity contribution in [2.24, 2.45) is 5.92 Å². The minimum absolute atomic E-state index is 0.0799. The van der Waals surface area contributed by atoms with E-state index in [4.69, 9.17) is 9.72 Å². The number of hydrogen-bond acceptors (Lipinski definition) is 5. The summed E-state index contributed by atoms with van der Waals surface area (Å²) in [6, 6.07) is 15.5. The van der Waals surface area contributed by atoms with Gasteiger partial charge in [0.25, 0.3) is 0 Å². The van der Waals surface area contributed by atoms with E-state index in [1.165, 1.54) is 0 Å². The number of ether oxygens (including phenoxy) is 1. The van der Waals surface area contributed by atoms with Gasteiger partial charge in [0.1, 0.15) is 24.3 Å². The van der Waals surface area contributed by atoms with Crippen LogP contribution in [0.2, 0.25) is 0 Å². The van der Waals surface area contributed by atoms with Crippen molar-refractivity contribution in [2.75, 3.05) is 18.1 Å². The van der Waals surface area contributed by atoms with Crippen molar-refractivity contribution in [1.29, 1.82) is 0 Å². The average Bonchev–Trinajstić information content (AvgIpc) is 3.20. The molecule has 0 spiro atoms. The zero-order valence-corrected chi connectivity index (χ0v) is 17.3. The number of aliphatic hydroxyl groups excluding tert-OH is 1. The molecule has 1 N–H and O–H groups in total. The van der Waals surface area contributed by atoms with Gasteiger partial charge in [0.05, 0.1) is 29.1 Å². The third-order valence-corrected chi connectivity index (χ3v) is 7.19. The van der Waals surface area contributed by atoms with Crippen LogP contribution in [0.1, 0.15) is 17.8 Å². The maximum Gasteiger partial charge on any atom is 0.150 e. The maximum atomic E-state index is 11.8. The third kappa shape index (κ3) is 4.79. The van der Waals surface area contributed by atoms with E-state index in [0.717, 1.165) is 28.2 Å². The lowest BCUT2D eigenvalue weighted by Crippen LogP contribution is -2.25. The van der Waals surface area contributed by atoms with Crippen molar-refractivity contribution in [2.45, 2.75) is 32.4 Å². The fourth-order valence-electron chi connectivity index (χ4n) is 3.94. The number of para-hydroxylation sites is 2. The van der Waals surface area contributed by atoms with E-state index in [2.05, 4.69) is 0 Å². The Hall–Kier alpha value is -2.38. The molecule has 1 aromatic heterocycles. The van der Waals surface area contributed by atoms with Gasteiger partial charge in [-0.15, -0.1) is 0 Å². The summed E-state index contributed by atoms with van der Waals surface area (Å²) in [5.74, 6) is 2.11. The SMILES string of the molecule is Cc1cccc(OCC(O)Cn2c(CC3CCS(=O)(=O)C3)nc3ccccc32)c1. The van der Waals surface area contributed by atoms with Crippen LogP contribution < -0.4 is 4.74 Å². The summed E-state index contributed by atoms with van der Waals surface area (Å²) in [6.07, 6.45) is 0.559. The van der Waals surface area contributed by atoms with Gasteiger partial charge in [0.15, 0.2) is 9.84 Å². The van der Waals surface area contributed by atoms with Crippen LogP contribution in [0, 0.1) is 12.8 Å². The van der Waals surface area contributed by atoms with Crippen molar-refractivity contribution in [3.63, 3.8) is 0 Å². The summed E-state index contributed by atoms with van der Waals surface area (Å²) in [6.45, 7) is 2.52. The van der Waals surface area contributed by atoms with E-state index in [-0.39, 0.29) is 24.0 Å². The summed E-state index contributed by atoms with van der Waals surface area (Å²) in [5.41, 5.74) is 2.90. The highest BCUT2D eigenvalue weighted by Gasteiger charge is 2.29. The number of rotatable bonds is 7. The molecular formula is C22H26N2O4S. The van der Waals surface area contributed by atoms with Crippen LogP contribution in [0.4, 0.5) is 0 Å². The third-order valence-electron chi connectivity index (χ3n) is 5.36. The molecule has 1 aliphatic rings. The van der Waals surface area contributed by atoms with Gasteiger partial charge in [-0.1, -0.05) is 24.3 Å². The van der Waals surface area contributed by atoms with E-state index in [0.29, 0.717) is 19.4 Å². The second kappa shape index (κ2) is 8.16. The van der Waals surface area contributed by atoms with Crippen LogP contribution in [0.5, 0.6) is 5.75 Å². The minimum Gasteiger partial charge on any atom is -0.491 e. The van der Waals surface area contributed by atoms with Gasteiger partial charge in [-0.2, -0.15) is 0 Å². The predicted molar refractivity (Wildman–Crippen MR) is 113 cm³/mol. The standard InChI is InChI=1S/C22H26N2O4S/c1-16-5-4-6-19(11-16)28-14-18(25)13-24-21-8-3-2-7-20(21)23-22(24)12-17-9-10-29(26,27)15-17/h2-8,11,17-18,25H,9-10,12-15H2,1H3. The van der Waals surface area contributed by atoms with Crippen molar-refractivity contribution >= 4 is 20.9 Å². The van der Waals surface area contributed by atoms with E-state index in [1.807, 2.05) is 60.0 Å². The first kappa shape index (κ1) is 19.9. The Bertz CT molecular complexity index is 1110. The van der Waals surface area contributed by atoms with Crippen LogP contribution in [0.15, 0.2) is 48.5 Å². The van der Waals surface area contributed by atoms with Gasteiger partial charge >= 0.3 is 0 Å². The summed E-state index contributed by atoms with van der Waals surface area (Å²) in [4.78, 5) is 4.72. The number of imidazole rings is 1. The predicted octanol–water partition coefficient (Wildman–Crippen LogP) is 2.76. The first-order valence-electron chi connectivity index (χ1n) is 9.92. The molecular weight excluding hydrogens is 388 g/mol. The molecule has 0 amide bonds. The molecule has 1 fully saturated rings. The Morgan fingerprint density at radius 2 is 2.07 bits per heavy atom. The average molecular weight is 415 g/mol. The molecule has 0 bridgehead atoms. The number of benzene rings is 2. The molecule has 2 aromatic carbocycles. The normalized spacial score (nSPS) is 19.4. The number of aromatic nitrogens is 2. The topological polar surface area (TPSA) is 81.4 Å². The fourth-order valence-corrected chi connectivity index (χ4v) is 5.80. The van der Waals surface area contributed by atoms with Crippen molar-refractivity contribution < 1.29 is 18.3 Å². The molecule has 3 aromatic rings. The molecule has 2 atom stereocenters. The zero-order valence-electron chi connectivity index (χ0n) is 16.5. The van der Waals surface area contributed by atoms with E-state index in [9.17, 15) is 13.5 Å². The van der Waals surface area contributed by atoms with Crippen LogP contribution >= 0.6 is 0 Å². The van der Waals surface area contributed by atoms with Gasteiger partial charge < -0.3 is 14.4 Å². The Labute approximate surface area is 171 Å². The molecule has 7 heteroatoms. The molecule has 6 nitrogen and oxygen atoms in total. The van der Waals surface area contributed by atoms with Gasteiger partial charge in [-0.3, -0.25) is 0 Å². The lowest BCUT2D eigenvalue weighted by Gasteiger charge is -2.17. The summed E-state index contributed by atoms with van der Waals surface area (Å²) in [5, 5.41) is 10.6. The molecule has 0 radical (unpaired) electrons. The van der Waals surface area contributed by atoms with Crippen LogP contribution in [-0.2, 0) is 22.8 Å². The Morgan fingerprint density at radius 3 is 2.83 bits per heavy atom. The summed E-state index contributed by atoms with van der Waals surface area (Å²) >= 11 is 0. The monoisotopic (exact) mass is 414 g/mol. The van der Waals surface area contributed by atoms with E-state index < -0.39 is 15.9 Å². The van der Waals surface area contributed by atoms with Crippen LogP contribution in [0.3, 0.4) is 0 Å². The smallest absolute Gasteiger partial charge is 0.150 e. The van der Waals surface area contributed by atoms with Gasteiger partial charge in [0.2, 0.25) is 0 Å². The summed E-state index contributed by atoms with van der Waals surface area (Å²) in [7, 11) is -2.93. The fraction of sp³-hybridized carbons (Fsp3) is 0.409. The number of nitrogens with zero attached hydrogens (tertiary/aromatic N) is 2. The van der Waals surface area contributed by atoms with Gasteiger partial charge in [-0.25, -0.2) is 13.4 Å². The van der Waals surface area contributed by atoms with Gasteiger partial charge in [0, 0.05) is 6.42 Å². The van der Waals surface area contributed by atoms with Crippen LogP contribution in [-0.4, -0.2) is 47.3 Å². The lowest BCUT2D eigenvalue weighted by atomic mass is 10.1. The highest BCUT2D eigenvalue weighted by atomic mass is 32.2. The Balaban J connectivity index is 1.50. The van der Waals surface area contributed by atoms with Gasteiger partial charge in [-0.05, 0) is 49.1 Å². The van der Waals surface area contributed by atoms with Crippen molar-refractivity contribution in [3.8, 4) is 5.75 Å². The maximum absolute atomic E-state index is 11.8. The second-order valence-electron chi connectivity index (χ2n) is 7.88. The molecule has 0 aliphatic carbocycles. The first-order valence-corrected chi connectivity index (χ1v) is 11.7. The minimum atomic E-state index is -2.93. The summed E-state index contributed by atoms with van der Waals surface area (Å²) < 4.78 is 31.4. The quantitative estimate of drug-likeness (QED) is 0.643. The number of aliphatic hydroxyl groups is 1. The molecule has 0 saturated carbocycles. The molecule has 154 valence electrons. The van der Waals surface area contributed by atoms with Crippen LogP contribution in [0.25, 0.3) is 11.0 Å². The number of hydrogen-bond donors (Lipinski definition) is 1. The van der Waals surface area contributed by atoms with E-state index in [1.54, 1.807) is 0 Å². The van der Waals surface area contributed by atoms with Crippen molar-refractivity contribution in [3.05, 3.63) is 59.9 Å². The number of aryl methyl sites for hydroxylation is 1. The molecule has 4 rings (SSSR count). The highest BCUT2D eigenvalue weighted by molar-refractivity contribution is 7.91. The first-order chi connectivity index (χ1) is 13.9. The van der Waals surface area contributed by atoms with E-state index >= 15 is 0 Å². The molecule has 1 aliphatic heterocycles. The highest BCUT2D eigenvalue weighted by Crippen LogP contribution is 2.25. The Morgan fingerprint density at radius 1 is 1.24 bits per heavy atom.